The van der Waals surface area contributed by atoms with E-state index in [1.807, 2.05) is 24.3 Å². The number of aromatic carboxylic acids is 1. The summed E-state index contributed by atoms with van der Waals surface area (Å²) in [4.78, 5) is 15.0. The van der Waals surface area contributed by atoms with Gasteiger partial charge in [-0.1, -0.05) is 37.6 Å². The van der Waals surface area contributed by atoms with E-state index < -0.39 is 5.97 Å². The van der Waals surface area contributed by atoms with Crippen molar-refractivity contribution in [1.82, 2.24) is 4.98 Å². The molecular weight excluding hydrogens is 202 g/mol. The van der Waals surface area contributed by atoms with Crippen molar-refractivity contribution in [3.63, 3.8) is 0 Å². The first-order chi connectivity index (χ1) is 7.72. The number of aryl methyl sites for hydroxylation is 1. The molecule has 1 N–H and O–H groups in total. The molecule has 0 aliphatic rings. The van der Waals surface area contributed by atoms with Crippen molar-refractivity contribution in [2.75, 3.05) is 0 Å². The molecule has 0 aliphatic carbocycles. The number of rotatable bonds is 3. The SMILES string of the molecule is CCCc1cccc2ccc(C(=O)O)nc12. The molecule has 0 fully saturated rings. The predicted molar refractivity (Wildman–Crippen MR) is 62.7 cm³/mol. The number of benzene rings is 1. The topological polar surface area (TPSA) is 50.2 Å². The normalized spacial score (nSPS) is 10.6. The van der Waals surface area contributed by atoms with Crippen LogP contribution in [0.5, 0.6) is 0 Å². The number of hydrogen-bond acceptors (Lipinski definition) is 2. The van der Waals surface area contributed by atoms with Gasteiger partial charge in [0.15, 0.2) is 0 Å². The Hall–Kier alpha value is -1.90. The van der Waals surface area contributed by atoms with Crippen LogP contribution in [-0.2, 0) is 6.42 Å². The van der Waals surface area contributed by atoms with Crippen LogP contribution >= 0.6 is 0 Å². The van der Waals surface area contributed by atoms with Crippen molar-refractivity contribution < 1.29 is 9.90 Å². The number of carbonyl (C=O) groups is 1. The van der Waals surface area contributed by atoms with Crippen molar-refractivity contribution in [1.29, 1.82) is 0 Å². The van der Waals surface area contributed by atoms with Crippen molar-refractivity contribution in [3.8, 4) is 0 Å². The summed E-state index contributed by atoms with van der Waals surface area (Å²) >= 11 is 0. The van der Waals surface area contributed by atoms with Gasteiger partial charge in [-0.25, -0.2) is 9.78 Å². The highest BCUT2D eigenvalue weighted by Gasteiger charge is 2.07. The van der Waals surface area contributed by atoms with Gasteiger partial charge >= 0.3 is 5.97 Å². The van der Waals surface area contributed by atoms with Crippen LogP contribution in [0.1, 0.15) is 29.4 Å². The van der Waals surface area contributed by atoms with E-state index in [2.05, 4.69) is 11.9 Å². The van der Waals surface area contributed by atoms with E-state index in [1.165, 1.54) is 0 Å². The number of carboxylic acid groups (broad SMARTS) is 1. The van der Waals surface area contributed by atoms with E-state index in [1.54, 1.807) is 6.07 Å². The second-order valence-corrected chi connectivity index (χ2v) is 3.74. The summed E-state index contributed by atoms with van der Waals surface area (Å²) in [5.41, 5.74) is 2.03. The quantitative estimate of drug-likeness (QED) is 0.856. The summed E-state index contributed by atoms with van der Waals surface area (Å²) in [6, 6.07) is 9.29. The molecule has 0 aliphatic heterocycles. The number of fused-ring (bicyclic) bond motifs is 1. The molecule has 82 valence electrons. The molecule has 2 aromatic rings. The van der Waals surface area contributed by atoms with Crippen LogP contribution in [0, 0.1) is 0 Å². The lowest BCUT2D eigenvalue weighted by molar-refractivity contribution is 0.0691. The monoisotopic (exact) mass is 215 g/mol. The molecule has 16 heavy (non-hydrogen) atoms. The summed E-state index contributed by atoms with van der Waals surface area (Å²) in [6.45, 7) is 2.10. The third kappa shape index (κ3) is 1.89. The van der Waals surface area contributed by atoms with Crippen LogP contribution in [-0.4, -0.2) is 16.1 Å². The van der Waals surface area contributed by atoms with Gasteiger partial charge in [0, 0.05) is 5.39 Å². The highest BCUT2D eigenvalue weighted by atomic mass is 16.4. The first-order valence-corrected chi connectivity index (χ1v) is 5.34. The van der Waals surface area contributed by atoms with Gasteiger partial charge < -0.3 is 5.11 Å². The van der Waals surface area contributed by atoms with Crippen LogP contribution < -0.4 is 0 Å². The Morgan fingerprint density at radius 2 is 2.12 bits per heavy atom. The maximum Gasteiger partial charge on any atom is 0.354 e. The van der Waals surface area contributed by atoms with Gasteiger partial charge in [-0.2, -0.15) is 0 Å². The zero-order valence-electron chi connectivity index (χ0n) is 9.10. The molecule has 1 aromatic heterocycles. The van der Waals surface area contributed by atoms with Crippen molar-refractivity contribution in [2.24, 2.45) is 0 Å². The first kappa shape index (κ1) is 10.6. The van der Waals surface area contributed by atoms with E-state index in [0.717, 1.165) is 29.3 Å². The standard InChI is InChI=1S/C13H13NO2/c1-2-4-9-5-3-6-10-7-8-11(13(15)16)14-12(9)10/h3,5-8H,2,4H2,1H3,(H,15,16). The minimum absolute atomic E-state index is 0.107. The summed E-state index contributed by atoms with van der Waals surface area (Å²) in [5, 5.41) is 9.90. The average Bonchev–Trinajstić information content (AvgIpc) is 2.29. The first-order valence-electron chi connectivity index (χ1n) is 5.34. The molecule has 3 heteroatoms. The lowest BCUT2D eigenvalue weighted by atomic mass is 10.1. The second-order valence-electron chi connectivity index (χ2n) is 3.74. The summed E-state index contributed by atoms with van der Waals surface area (Å²) in [6.07, 6.45) is 1.95. The third-order valence-electron chi connectivity index (χ3n) is 2.54. The molecular formula is C13H13NO2. The number of pyridine rings is 1. The molecule has 0 amide bonds. The smallest absolute Gasteiger partial charge is 0.354 e. The summed E-state index contributed by atoms with van der Waals surface area (Å²) in [5.74, 6) is -0.979. The highest BCUT2D eigenvalue weighted by molar-refractivity contribution is 5.90. The molecule has 0 unspecified atom stereocenters. The van der Waals surface area contributed by atoms with E-state index >= 15 is 0 Å². The zero-order chi connectivity index (χ0) is 11.5. The van der Waals surface area contributed by atoms with Gasteiger partial charge in [0.25, 0.3) is 0 Å². The Labute approximate surface area is 93.7 Å². The molecule has 0 spiro atoms. The van der Waals surface area contributed by atoms with Crippen molar-refractivity contribution in [2.45, 2.75) is 19.8 Å². The van der Waals surface area contributed by atoms with Gasteiger partial charge in [0.1, 0.15) is 5.69 Å². The minimum Gasteiger partial charge on any atom is -0.477 e. The van der Waals surface area contributed by atoms with Crippen LogP contribution in [0.3, 0.4) is 0 Å². The summed E-state index contributed by atoms with van der Waals surface area (Å²) in [7, 11) is 0. The van der Waals surface area contributed by atoms with E-state index in [9.17, 15) is 4.79 Å². The number of hydrogen-bond donors (Lipinski definition) is 1. The Morgan fingerprint density at radius 3 is 2.81 bits per heavy atom. The number of para-hydroxylation sites is 1. The van der Waals surface area contributed by atoms with E-state index in [0.29, 0.717) is 0 Å². The number of aromatic nitrogens is 1. The van der Waals surface area contributed by atoms with Gasteiger partial charge in [0.05, 0.1) is 5.52 Å². The third-order valence-corrected chi connectivity index (χ3v) is 2.54. The molecule has 1 heterocycles. The molecule has 2 rings (SSSR count). The van der Waals surface area contributed by atoms with Crippen LogP contribution in [0.2, 0.25) is 0 Å². The number of carboxylic acids is 1. The summed E-state index contributed by atoms with van der Waals surface area (Å²) < 4.78 is 0. The van der Waals surface area contributed by atoms with Gasteiger partial charge in [-0.05, 0) is 18.1 Å². The van der Waals surface area contributed by atoms with Crippen molar-refractivity contribution >= 4 is 16.9 Å². The lowest BCUT2D eigenvalue weighted by Gasteiger charge is -2.05. The fourth-order valence-corrected chi connectivity index (χ4v) is 1.80. The van der Waals surface area contributed by atoms with Crippen LogP contribution in [0.25, 0.3) is 10.9 Å². The molecule has 0 saturated heterocycles. The number of nitrogens with zero attached hydrogens (tertiary/aromatic N) is 1. The Morgan fingerprint density at radius 1 is 1.31 bits per heavy atom. The Bertz CT molecular complexity index is 534. The molecule has 1 aromatic carbocycles. The van der Waals surface area contributed by atoms with Gasteiger partial charge in [-0.3, -0.25) is 0 Å². The Balaban J connectivity index is 2.63. The lowest BCUT2D eigenvalue weighted by Crippen LogP contribution is -2.01. The maximum absolute atomic E-state index is 10.9. The molecule has 0 radical (unpaired) electrons. The van der Waals surface area contributed by atoms with Gasteiger partial charge in [0.2, 0.25) is 0 Å². The maximum atomic E-state index is 10.9. The minimum atomic E-state index is -0.979. The molecule has 0 saturated carbocycles. The van der Waals surface area contributed by atoms with Gasteiger partial charge in [-0.15, -0.1) is 0 Å². The molecule has 0 atom stereocenters. The zero-order valence-corrected chi connectivity index (χ0v) is 9.10. The van der Waals surface area contributed by atoms with Crippen LogP contribution in [0.15, 0.2) is 30.3 Å². The average molecular weight is 215 g/mol. The molecule has 0 bridgehead atoms. The predicted octanol–water partition coefficient (Wildman–Crippen LogP) is 2.89. The van der Waals surface area contributed by atoms with E-state index in [4.69, 9.17) is 5.11 Å². The highest BCUT2D eigenvalue weighted by Crippen LogP contribution is 2.18. The fourth-order valence-electron chi connectivity index (χ4n) is 1.80. The van der Waals surface area contributed by atoms with Crippen molar-refractivity contribution in [3.05, 3.63) is 41.6 Å². The Kier molecular flexibility index (Phi) is 2.86. The molecule has 3 nitrogen and oxygen atoms in total. The second kappa shape index (κ2) is 4.31. The largest absolute Gasteiger partial charge is 0.477 e. The van der Waals surface area contributed by atoms with E-state index in [-0.39, 0.29) is 5.69 Å². The van der Waals surface area contributed by atoms with Crippen LogP contribution in [0.4, 0.5) is 0 Å². The fraction of sp³-hybridized carbons (Fsp3) is 0.231.